The third-order valence-electron chi connectivity index (χ3n) is 23.5. The van der Waals surface area contributed by atoms with Crippen LogP contribution in [0.25, 0.3) is 0 Å². The summed E-state index contributed by atoms with van der Waals surface area (Å²) in [6.45, 7) is 6.92. The zero-order chi connectivity index (χ0) is 76.3. The van der Waals surface area contributed by atoms with Gasteiger partial charge >= 0.3 is 12.4 Å². The van der Waals surface area contributed by atoms with Crippen LogP contribution in [0, 0.1) is 35.5 Å². The molecule has 3 N–H and O–H groups in total. The average Bonchev–Trinajstić information content (AvgIpc) is 1.74. The number of halogens is 8. The molecule has 1 spiro atoms. The molecule has 3 heterocycles. The minimum absolute atomic E-state index is 0.00927. The molecule has 582 valence electrons. The van der Waals surface area contributed by atoms with Crippen LogP contribution in [0.4, 0.5) is 35.1 Å². The first-order chi connectivity index (χ1) is 48.4. The summed E-state index contributed by atoms with van der Waals surface area (Å²) in [4.78, 5) is 174. The molecule has 7 rings (SSSR count). The van der Waals surface area contributed by atoms with E-state index in [1.54, 1.807) is 53.8 Å². The van der Waals surface area contributed by atoms with E-state index in [1.807, 2.05) is 0 Å². The predicted octanol–water partition coefficient (Wildman–Crippen LogP) is 7.04. The van der Waals surface area contributed by atoms with Gasteiger partial charge in [-0.2, -0.15) is 26.3 Å². The van der Waals surface area contributed by atoms with Gasteiger partial charge in [0.2, 0.25) is 65.0 Å². The summed E-state index contributed by atoms with van der Waals surface area (Å²) < 4.78 is 121. The summed E-state index contributed by atoms with van der Waals surface area (Å²) in [5.41, 5.74) is -1.60. The summed E-state index contributed by atoms with van der Waals surface area (Å²) in [6, 6.07) is -10.1. The van der Waals surface area contributed by atoms with Crippen molar-refractivity contribution in [3.05, 3.63) is 12.2 Å². The number of hydrogen-bond acceptors (Lipinski definition) is 12. The summed E-state index contributed by atoms with van der Waals surface area (Å²) in [6.07, 6.45) is -11.5. The van der Waals surface area contributed by atoms with Crippen LogP contribution in [0.1, 0.15) is 182 Å². The fourth-order valence-corrected chi connectivity index (χ4v) is 16.7. The topological polar surface area (TPSA) is 259 Å². The minimum atomic E-state index is -5.20. The van der Waals surface area contributed by atoms with Crippen LogP contribution >= 0.6 is 0 Å². The number of carbonyl (C=O) groups excluding carboxylic acids is 11. The van der Waals surface area contributed by atoms with E-state index in [4.69, 9.17) is 4.74 Å². The van der Waals surface area contributed by atoms with Gasteiger partial charge in [0.1, 0.15) is 66.1 Å². The second kappa shape index (κ2) is 36.1. The highest BCUT2D eigenvalue weighted by Crippen LogP contribution is 2.46. The molecule has 3 aliphatic heterocycles. The van der Waals surface area contributed by atoms with E-state index in [0.29, 0.717) is 25.7 Å². The predicted molar refractivity (Wildman–Crippen MR) is 364 cm³/mol. The number of alkyl halides is 8. The quantitative estimate of drug-likeness (QED) is 0.131. The number of rotatable bonds is 12. The van der Waals surface area contributed by atoms with Gasteiger partial charge in [0.15, 0.2) is 0 Å². The van der Waals surface area contributed by atoms with E-state index in [-0.39, 0.29) is 116 Å². The first-order valence-corrected chi connectivity index (χ1v) is 37.2. The highest BCUT2D eigenvalue weighted by molar-refractivity contribution is 6.00. The van der Waals surface area contributed by atoms with Crippen LogP contribution < -0.4 is 16.0 Å². The number of carbonyl (C=O) groups is 11. The number of ether oxygens (including phenoxy) is 1. The second-order valence-electron chi connectivity index (χ2n) is 30.2. The lowest BCUT2D eigenvalue weighted by atomic mass is 9.74. The zero-order valence-corrected chi connectivity index (χ0v) is 61.8. The molecule has 0 aromatic rings. The van der Waals surface area contributed by atoms with E-state index < -0.39 is 212 Å². The number of likely N-dealkylation sites (N-methyl/N-ethyl adjacent to an activating group) is 6. The molecular weight excluding hydrogens is 1360 g/mol. The lowest BCUT2D eigenvalue weighted by Gasteiger charge is -2.46. The molecule has 6 fully saturated rings. The summed E-state index contributed by atoms with van der Waals surface area (Å²) in [5.74, 6) is -15.0. The Kier molecular flexibility index (Phi) is 29.3. The molecule has 12 atom stereocenters. The van der Waals surface area contributed by atoms with Crippen molar-refractivity contribution in [3.63, 3.8) is 0 Å². The molecule has 0 radical (unpaired) electrons. The number of fused-ring (bicyclic) bond motifs is 3. The van der Waals surface area contributed by atoms with E-state index in [0.717, 1.165) is 32.4 Å². The Morgan fingerprint density at radius 1 is 0.602 bits per heavy atom. The van der Waals surface area contributed by atoms with Crippen LogP contribution in [0.2, 0.25) is 0 Å². The highest BCUT2D eigenvalue weighted by Gasteiger charge is 2.56. The lowest BCUT2D eigenvalue weighted by Crippen LogP contribution is -2.68. The van der Waals surface area contributed by atoms with Gasteiger partial charge in [-0.15, -0.1) is 0 Å². The smallest absolute Gasteiger partial charge is 0.377 e. The van der Waals surface area contributed by atoms with Crippen LogP contribution in [-0.2, 0) is 57.5 Å². The van der Waals surface area contributed by atoms with Gasteiger partial charge in [0, 0.05) is 80.9 Å². The van der Waals surface area contributed by atoms with Crippen molar-refractivity contribution >= 4 is 65.0 Å². The Bertz CT molecular complexity index is 3030. The molecule has 0 aromatic heterocycles. The van der Waals surface area contributed by atoms with Crippen LogP contribution in [0.5, 0.6) is 0 Å². The number of hydrogen-bond donors (Lipinski definition) is 3. The molecule has 2 bridgehead atoms. The van der Waals surface area contributed by atoms with Gasteiger partial charge in [-0.3, -0.25) is 52.7 Å². The lowest BCUT2D eigenvalue weighted by molar-refractivity contribution is -0.219. The van der Waals surface area contributed by atoms with E-state index in [9.17, 15) is 50.3 Å². The fourth-order valence-electron chi connectivity index (χ4n) is 16.7. The van der Waals surface area contributed by atoms with Crippen molar-refractivity contribution < 1.29 is 92.6 Å². The van der Waals surface area contributed by atoms with Crippen LogP contribution in [-0.4, -0.2) is 264 Å². The van der Waals surface area contributed by atoms with Crippen molar-refractivity contribution in [1.82, 2.24) is 55.1 Å². The number of nitrogens with one attached hydrogen (secondary N) is 3. The Morgan fingerprint density at radius 3 is 1.80 bits per heavy atom. The summed E-state index contributed by atoms with van der Waals surface area (Å²) >= 11 is 0. The maximum Gasteiger partial charge on any atom is 0.397 e. The number of amides is 11. The molecule has 0 aromatic carbocycles. The van der Waals surface area contributed by atoms with Crippen molar-refractivity contribution in [2.45, 2.75) is 267 Å². The van der Waals surface area contributed by atoms with Gasteiger partial charge in [0.05, 0.1) is 25.1 Å². The van der Waals surface area contributed by atoms with Crippen molar-refractivity contribution in [1.29, 1.82) is 0 Å². The van der Waals surface area contributed by atoms with Gasteiger partial charge in [0.25, 0.3) is 0 Å². The molecule has 2 unspecified atom stereocenters. The third-order valence-corrected chi connectivity index (χ3v) is 23.5. The largest absolute Gasteiger partial charge is 0.397 e. The average molecular weight is 1470 g/mol. The Labute approximate surface area is 600 Å². The monoisotopic (exact) mass is 1470 g/mol. The van der Waals surface area contributed by atoms with Gasteiger partial charge in [-0.25, -0.2) is 8.78 Å². The molecule has 23 nitrogen and oxygen atoms in total. The Morgan fingerprint density at radius 2 is 1.23 bits per heavy atom. The molecule has 4 aliphatic carbocycles. The van der Waals surface area contributed by atoms with Crippen LogP contribution in [0.15, 0.2) is 12.2 Å². The van der Waals surface area contributed by atoms with Gasteiger partial charge in [-0.05, 0) is 146 Å². The SMILES string of the molecule is CCO[C@@H]1C[C@H]2C(=O)NC3(CCC3)C(=O)N(C)[C@@H](C3CCCC3)C(=O)N(C)[C@H](CC)CC(=O)N(C)[C@@H](CC)C(=O)N[C@@H]([C@@H](C)CC)C(=O)N(C)CC(=O)N(C)[C@H]3C/C=C\CCN(C3=O)[C@@H](CC3CCC(C(F)(F)F)CC3)C(=O)N(C)CC(=O)N[C@@H](CCC3CC(F)C(C(F)(F)F)C(F)C3)C(=O)N2C1. The van der Waals surface area contributed by atoms with E-state index >= 15 is 37.5 Å². The van der Waals surface area contributed by atoms with Crippen molar-refractivity contribution in [2.24, 2.45) is 35.5 Å². The molecule has 103 heavy (non-hydrogen) atoms. The second-order valence-corrected chi connectivity index (χ2v) is 30.2. The Hall–Kier alpha value is -6.69. The van der Waals surface area contributed by atoms with Crippen LogP contribution in [0.3, 0.4) is 0 Å². The van der Waals surface area contributed by atoms with E-state index in [2.05, 4.69) is 16.0 Å². The van der Waals surface area contributed by atoms with Crippen molar-refractivity contribution in [3.8, 4) is 0 Å². The molecule has 11 amide bonds. The summed E-state index contributed by atoms with van der Waals surface area (Å²) in [7, 11) is 8.40. The Balaban J connectivity index is 1.29. The van der Waals surface area contributed by atoms with Gasteiger partial charge < -0.3 is 59.9 Å². The first kappa shape index (κ1) is 83.6. The van der Waals surface area contributed by atoms with E-state index in [1.165, 1.54) is 54.8 Å². The number of nitrogens with zero attached hydrogens (tertiary/aromatic N) is 8. The maximum atomic E-state index is 15.5. The minimum Gasteiger partial charge on any atom is -0.377 e. The molecule has 31 heteroatoms. The zero-order valence-electron chi connectivity index (χ0n) is 61.8. The maximum absolute atomic E-state index is 15.5. The van der Waals surface area contributed by atoms with Gasteiger partial charge in [-0.1, -0.05) is 59.1 Å². The molecule has 2 saturated heterocycles. The first-order valence-electron chi connectivity index (χ1n) is 37.2. The normalized spacial score (nSPS) is 33.0. The molecular formula is C72H111F8N11O12. The summed E-state index contributed by atoms with van der Waals surface area (Å²) in [5, 5.41) is 8.44. The molecule has 4 saturated carbocycles. The molecule has 7 aliphatic rings. The third kappa shape index (κ3) is 20.1. The van der Waals surface area contributed by atoms with Crippen molar-refractivity contribution in [2.75, 3.05) is 75.1 Å². The standard InChI is InChI=1S/C72H111F8N11O12/c1-12-42(5)60-67(100)85(7)41-58(94)88(10)53-24-17-16-20-33-90(66(53)99)55(36-43-25-28-46(29-26-43)71(75,76)77)65(98)84(6)40-56(92)81-51(30-27-44-34-49(73)59(50(74)35-44)72(78,79)80)64(97)91-39-48(103-15-4)38-54(91)63(96)83-70(31-21-32-70)69(102)89(11)61(45-22-18-19-23-45)68(101)86(8)47(13-2)37-57(93)87(9)52(14-3)62(95)82-60/h16-17,42-55,59-61H,12-15,18-41H2,1-11H3,(H,81,92)(H,82,95)(H,83,96)/b17-16-/t42-,43?,44?,46?,47+,48+,49?,50?,51-,52-,53-,54-,55-,59?,60-,61-/m0/s1. The highest BCUT2D eigenvalue weighted by atomic mass is 19.4. The fraction of sp³-hybridized carbons (Fsp3) is 0.819.